The molecule has 6 nitrogen and oxygen atoms in total. The van der Waals surface area contributed by atoms with Gasteiger partial charge in [0.2, 0.25) is 0 Å². The predicted octanol–water partition coefficient (Wildman–Crippen LogP) is 2.55. The number of H-pyrrole nitrogens is 1. The summed E-state index contributed by atoms with van der Waals surface area (Å²) in [6.45, 7) is 0.268. The molecule has 110 valence electrons. The molecule has 0 saturated heterocycles. The number of rotatable bonds is 4. The monoisotopic (exact) mass is 323 g/mol. The van der Waals surface area contributed by atoms with E-state index in [-0.39, 0.29) is 17.2 Å². The summed E-state index contributed by atoms with van der Waals surface area (Å²) in [5.41, 5.74) is 7.23. The highest BCUT2D eigenvalue weighted by molar-refractivity contribution is 7.71. The summed E-state index contributed by atoms with van der Waals surface area (Å²) in [6.07, 6.45) is 1.40. The Balaban J connectivity index is 2.37. The van der Waals surface area contributed by atoms with E-state index in [2.05, 4.69) is 20.6 Å². The standard InChI is InChI=1S/C13H14ClN5OS/c1-16-11-8(6-17-13(21)19-11)12(20)18-10-7(5-15)3-2-4-9(10)14/h2-4,6H,5,15H2,1H3,(H,18,20)(H2,16,17,19,21). The number of hydrogen-bond donors (Lipinski definition) is 4. The maximum Gasteiger partial charge on any atom is 0.260 e. The number of halogens is 1. The predicted molar refractivity (Wildman–Crippen MR) is 86.3 cm³/mol. The number of benzene rings is 1. The van der Waals surface area contributed by atoms with Crippen molar-refractivity contribution in [1.82, 2.24) is 9.97 Å². The number of aromatic nitrogens is 2. The zero-order valence-corrected chi connectivity index (χ0v) is 12.8. The Kier molecular flexibility index (Phi) is 4.89. The average molecular weight is 324 g/mol. The molecule has 0 spiro atoms. The van der Waals surface area contributed by atoms with Crippen molar-refractivity contribution in [3.8, 4) is 0 Å². The van der Waals surface area contributed by atoms with Crippen LogP contribution in [0.4, 0.5) is 11.5 Å². The second kappa shape index (κ2) is 6.66. The molecular formula is C13H14ClN5OS. The molecule has 1 heterocycles. The molecule has 2 rings (SSSR count). The molecule has 0 bridgehead atoms. The van der Waals surface area contributed by atoms with Crippen LogP contribution in [0.5, 0.6) is 0 Å². The highest BCUT2D eigenvalue weighted by atomic mass is 35.5. The maximum atomic E-state index is 12.4. The molecule has 0 saturated carbocycles. The van der Waals surface area contributed by atoms with Crippen LogP contribution < -0.4 is 16.4 Å². The van der Waals surface area contributed by atoms with E-state index in [1.807, 2.05) is 0 Å². The van der Waals surface area contributed by atoms with E-state index in [0.717, 1.165) is 5.56 Å². The third kappa shape index (κ3) is 3.38. The first kappa shape index (κ1) is 15.4. The van der Waals surface area contributed by atoms with Crippen molar-refractivity contribution in [1.29, 1.82) is 0 Å². The number of amides is 1. The summed E-state index contributed by atoms with van der Waals surface area (Å²) in [5.74, 6) is 0.120. The Labute approximate surface area is 131 Å². The Bertz CT molecular complexity index is 731. The highest BCUT2D eigenvalue weighted by Crippen LogP contribution is 2.26. The summed E-state index contributed by atoms with van der Waals surface area (Å²) in [7, 11) is 1.68. The van der Waals surface area contributed by atoms with Crippen LogP contribution in [0.3, 0.4) is 0 Å². The molecule has 0 aliphatic rings. The van der Waals surface area contributed by atoms with Crippen LogP contribution in [0.15, 0.2) is 24.4 Å². The summed E-state index contributed by atoms with van der Waals surface area (Å²) < 4.78 is 0.288. The molecule has 0 aliphatic heterocycles. The molecule has 5 N–H and O–H groups in total. The van der Waals surface area contributed by atoms with Gasteiger partial charge >= 0.3 is 0 Å². The van der Waals surface area contributed by atoms with Crippen LogP contribution in [0.25, 0.3) is 0 Å². The minimum absolute atomic E-state index is 0.268. The molecule has 1 aromatic carbocycles. The van der Waals surface area contributed by atoms with Gasteiger partial charge in [0, 0.05) is 19.8 Å². The van der Waals surface area contributed by atoms with Gasteiger partial charge in [-0.05, 0) is 23.8 Å². The summed E-state index contributed by atoms with van der Waals surface area (Å²) in [5, 5.41) is 6.05. The first-order valence-electron chi connectivity index (χ1n) is 6.12. The summed E-state index contributed by atoms with van der Waals surface area (Å²) in [6, 6.07) is 5.27. The van der Waals surface area contributed by atoms with Crippen LogP contribution >= 0.6 is 23.8 Å². The fourth-order valence-corrected chi connectivity index (χ4v) is 2.22. The van der Waals surface area contributed by atoms with Gasteiger partial charge in [-0.15, -0.1) is 0 Å². The molecular weight excluding hydrogens is 310 g/mol. The third-order valence-electron chi connectivity index (χ3n) is 2.87. The van der Waals surface area contributed by atoms with Crippen LogP contribution in [-0.4, -0.2) is 22.9 Å². The van der Waals surface area contributed by atoms with Crippen molar-refractivity contribution in [2.45, 2.75) is 6.54 Å². The van der Waals surface area contributed by atoms with E-state index >= 15 is 0 Å². The fraction of sp³-hybridized carbons (Fsp3) is 0.154. The number of nitrogens with zero attached hydrogens (tertiary/aromatic N) is 1. The van der Waals surface area contributed by atoms with Crippen molar-refractivity contribution >= 4 is 41.2 Å². The van der Waals surface area contributed by atoms with Gasteiger partial charge < -0.3 is 21.4 Å². The van der Waals surface area contributed by atoms with Gasteiger partial charge in [0.1, 0.15) is 5.82 Å². The Morgan fingerprint density at radius 3 is 2.95 bits per heavy atom. The number of aromatic amines is 1. The Hall–Kier alpha value is -1.96. The van der Waals surface area contributed by atoms with Crippen LogP contribution in [0.2, 0.25) is 5.02 Å². The van der Waals surface area contributed by atoms with E-state index < -0.39 is 0 Å². The van der Waals surface area contributed by atoms with Crippen molar-refractivity contribution in [2.24, 2.45) is 5.73 Å². The van der Waals surface area contributed by atoms with Crippen LogP contribution in [0.1, 0.15) is 15.9 Å². The molecule has 0 aliphatic carbocycles. The SMILES string of the molecule is CNc1[nH]c(=S)ncc1C(=O)Nc1c(Cl)cccc1CN. The van der Waals surface area contributed by atoms with Gasteiger partial charge in [0.25, 0.3) is 5.91 Å². The number of para-hydroxylation sites is 1. The largest absolute Gasteiger partial charge is 0.374 e. The van der Waals surface area contributed by atoms with Gasteiger partial charge in [0.15, 0.2) is 4.77 Å². The minimum Gasteiger partial charge on any atom is -0.374 e. The number of hydrogen-bond acceptors (Lipinski definition) is 5. The molecule has 8 heteroatoms. The molecule has 0 unspecified atom stereocenters. The highest BCUT2D eigenvalue weighted by Gasteiger charge is 2.15. The van der Waals surface area contributed by atoms with E-state index in [1.165, 1.54) is 6.20 Å². The van der Waals surface area contributed by atoms with Gasteiger partial charge in [-0.1, -0.05) is 23.7 Å². The molecule has 2 aromatic rings. The zero-order valence-electron chi connectivity index (χ0n) is 11.2. The fourth-order valence-electron chi connectivity index (χ4n) is 1.82. The lowest BCUT2D eigenvalue weighted by molar-refractivity contribution is 0.102. The smallest absolute Gasteiger partial charge is 0.260 e. The lowest BCUT2D eigenvalue weighted by Crippen LogP contribution is -2.17. The number of nitrogens with one attached hydrogen (secondary N) is 3. The first-order chi connectivity index (χ1) is 10.1. The molecule has 1 aromatic heterocycles. The second-order valence-corrected chi connectivity index (χ2v) is 4.95. The number of nitrogens with two attached hydrogens (primary N) is 1. The van der Waals surface area contributed by atoms with Gasteiger partial charge in [-0.25, -0.2) is 4.98 Å². The maximum absolute atomic E-state index is 12.4. The molecule has 0 radical (unpaired) electrons. The lowest BCUT2D eigenvalue weighted by Gasteiger charge is -2.13. The Morgan fingerprint density at radius 1 is 1.52 bits per heavy atom. The summed E-state index contributed by atoms with van der Waals surface area (Å²) in [4.78, 5) is 19.1. The van der Waals surface area contributed by atoms with Gasteiger partial charge in [-0.2, -0.15) is 0 Å². The van der Waals surface area contributed by atoms with E-state index in [1.54, 1.807) is 25.2 Å². The van der Waals surface area contributed by atoms with Crippen LogP contribution in [0, 0.1) is 4.77 Å². The van der Waals surface area contributed by atoms with E-state index in [0.29, 0.717) is 22.1 Å². The van der Waals surface area contributed by atoms with Crippen molar-refractivity contribution in [3.05, 3.63) is 45.3 Å². The number of carbonyl (C=O) groups excluding carboxylic acids is 1. The zero-order chi connectivity index (χ0) is 15.4. The van der Waals surface area contributed by atoms with Crippen molar-refractivity contribution < 1.29 is 4.79 Å². The van der Waals surface area contributed by atoms with Crippen molar-refractivity contribution in [3.63, 3.8) is 0 Å². The van der Waals surface area contributed by atoms with E-state index in [4.69, 9.17) is 29.6 Å². The number of carbonyl (C=O) groups is 1. The van der Waals surface area contributed by atoms with Gasteiger partial charge in [-0.3, -0.25) is 4.79 Å². The second-order valence-electron chi connectivity index (χ2n) is 4.16. The molecule has 1 amide bonds. The van der Waals surface area contributed by atoms with Crippen LogP contribution in [-0.2, 0) is 6.54 Å². The van der Waals surface area contributed by atoms with Crippen molar-refractivity contribution in [2.75, 3.05) is 17.7 Å². The molecule has 0 atom stereocenters. The minimum atomic E-state index is -0.360. The third-order valence-corrected chi connectivity index (χ3v) is 3.39. The van der Waals surface area contributed by atoms with Gasteiger partial charge in [0.05, 0.1) is 16.3 Å². The normalized spacial score (nSPS) is 10.2. The Morgan fingerprint density at radius 2 is 2.29 bits per heavy atom. The average Bonchev–Trinajstić information content (AvgIpc) is 2.48. The first-order valence-corrected chi connectivity index (χ1v) is 6.91. The molecule has 21 heavy (non-hydrogen) atoms. The number of anilines is 2. The van der Waals surface area contributed by atoms with E-state index in [9.17, 15) is 4.79 Å². The molecule has 0 fully saturated rings. The quantitative estimate of drug-likeness (QED) is 0.648. The topological polar surface area (TPSA) is 95.8 Å². The summed E-state index contributed by atoms with van der Waals surface area (Å²) >= 11 is 11.0. The lowest BCUT2D eigenvalue weighted by atomic mass is 10.1.